The van der Waals surface area contributed by atoms with Crippen molar-refractivity contribution in [3.8, 4) is 17.2 Å². The lowest BCUT2D eigenvalue weighted by Crippen LogP contribution is -2.39. The smallest absolute Gasteiger partial charge is 0.243 e. The minimum absolute atomic E-state index is 0.0239. The van der Waals surface area contributed by atoms with Crippen LogP contribution >= 0.6 is 11.6 Å². The van der Waals surface area contributed by atoms with E-state index in [0.29, 0.717) is 23.9 Å². The van der Waals surface area contributed by atoms with Crippen LogP contribution in [0, 0.1) is 0 Å². The Kier molecular flexibility index (Phi) is 8.55. The summed E-state index contributed by atoms with van der Waals surface area (Å²) in [6.45, 7) is 3.64. The molecule has 31 heavy (non-hydrogen) atoms. The van der Waals surface area contributed by atoms with Gasteiger partial charge < -0.3 is 19.5 Å². The predicted molar refractivity (Wildman–Crippen MR) is 119 cm³/mol. The van der Waals surface area contributed by atoms with E-state index >= 15 is 0 Å². The Morgan fingerprint density at radius 3 is 2.32 bits per heavy atom. The maximum Gasteiger partial charge on any atom is 0.243 e. The zero-order valence-electron chi connectivity index (χ0n) is 18.1. The molecule has 2 aromatic rings. The molecule has 10 heteroatoms. The number of ether oxygens (including phenoxy) is 3. The molecule has 0 unspecified atom stereocenters. The standard InChI is InChI=1S/C21H27ClN2O6S/c1-6-30-18-10-8-16(12-17(18)22)31(26,27)24(3)13-21(25)23-14(2)15-7-9-19(28-4)20(11-15)29-5/h7-12,14H,6,13H2,1-5H3,(H,23,25)/t14-/m0/s1. The van der Waals surface area contributed by atoms with Crippen molar-refractivity contribution in [3.63, 3.8) is 0 Å². The van der Waals surface area contributed by atoms with Gasteiger partial charge in [0.05, 0.1) is 43.3 Å². The van der Waals surface area contributed by atoms with Crippen LogP contribution < -0.4 is 19.5 Å². The van der Waals surface area contributed by atoms with Crippen molar-refractivity contribution in [1.29, 1.82) is 0 Å². The molecule has 0 saturated carbocycles. The quantitative estimate of drug-likeness (QED) is 0.572. The monoisotopic (exact) mass is 470 g/mol. The number of likely N-dealkylation sites (N-methyl/N-ethyl adjacent to an activating group) is 1. The summed E-state index contributed by atoms with van der Waals surface area (Å²) < 4.78 is 42.4. The van der Waals surface area contributed by atoms with E-state index in [4.69, 9.17) is 25.8 Å². The number of amides is 1. The second-order valence-electron chi connectivity index (χ2n) is 6.69. The Balaban J connectivity index is 2.08. The van der Waals surface area contributed by atoms with Crippen molar-refractivity contribution in [2.75, 3.05) is 34.4 Å². The molecule has 170 valence electrons. The van der Waals surface area contributed by atoms with Gasteiger partial charge in [-0.05, 0) is 49.7 Å². The van der Waals surface area contributed by atoms with Crippen LogP contribution in [0.25, 0.3) is 0 Å². The van der Waals surface area contributed by atoms with Gasteiger partial charge in [-0.25, -0.2) is 8.42 Å². The van der Waals surface area contributed by atoms with Crippen LogP contribution in [0.5, 0.6) is 17.2 Å². The summed E-state index contributed by atoms with van der Waals surface area (Å²) in [5.74, 6) is 1.05. The first-order valence-corrected chi connectivity index (χ1v) is 11.4. The summed E-state index contributed by atoms with van der Waals surface area (Å²) in [6.07, 6.45) is 0. The maximum absolute atomic E-state index is 12.8. The molecule has 0 bridgehead atoms. The van der Waals surface area contributed by atoms with Gasteiger partial charge in [0.2, 0.25) is 15.9 Å². The molecule has 2 rings (SSSR count). The third-order valence-electron chi connectivity index (χ3n) is 4.56. The van der Waals surface area contributed by atoms with Gasteiger partial charge in [-0.1, -0.05) is 17.7 Å². The van der Waals surface area contributed by atoms with E-state index in [1.54, 1.807) is 32.0 Å². The highest BCUT2D eigenvalue weighted by Crippen LogP contribution is 2.30. The predicted octanol–water partition coefficient (Wildman–Crippen LogP) is 3.25. The van der Waals surface area contributed by atoms with Gasteiger partial charge in [0.1, 0.15) is 5.75 Å². The molecule has 8 nitrogen and oxygen atoms in total. The summed E-state index contributed by atoms with van der Waals surface area (Å²) in [7, 11) is 0.485. The number of sulfonamides is 1. The number of hydrogen-bond donors (Lipinski definition) is 1. The third kappa shape index (κ3) is 6.03. The van der Waals surface area contributed by atoms with Gasteiger partial charge in [-0.15, -0.1) is 0 Å². The van der Waals surface area contributed by atoms with Gasteiger partial charge in [0.25, 0.3) is 0 Å². The van der Waals surface area contributed by atoms with E-state index in [9.17, 15) is 13.2 Å². The second kappa shape index (κ2) is 10.7. The fraction of sp³-hybridized carbons (Fsp3) is 0.381. The molecule has 2 aromatic carbocycles. The Bertz CT molecular complexity index is 1030. The van der Waals surface area contributed by atoms with E-state index < -0.39 is 15.9 Å². The summed E-state index contributed by atoms with van der Waals surface area (Å²) in [6, 6.07) is 9.12. The zero-order chi connectivity index (χ0) is 23.2. The highest BCUT2D eigenvalue weighted by molar-refractivity contribution is 7.89. The Hall–Kier alpha value is -2.49. The number of carbonyl (C=O) groups excluding carboxylic acids is 1. The number of hydrogen-bond acceptors (Lipinski definition) is 6. The molecule has 0 fully saturated rings. The molecular weight excluding hydrogens is 444 g/mol. The lowest BCUT2D eigenvalue weighted by Gasteiger charge is -2.20. The van der Waals surface area contributed by atoms with Crippen molar-refractivity contribution in [2.45, 2.75) is 24.8 Å². The number of methoxy groups -OCH3 is 2. The first kappa shape index (κ1) is 24.8. The number of carbonyl (C=O) groups is 1. The average Bonchev–Trinajstić information content (AvgIpc) is 2.74. The van der Waals surface area contributed by atoms with Gasteiger partial charge in [-0.2, -0.15) is 4.31 Å². The van der Waals surface area contributed by atoms with Crippen LogP contribution in [0.1, 0.15) is 25.5 Å². The lowest BCUT2D eigenvalue weighted by molar-refractivity contribution is -0.121. The molecule has 0 aliphatic heterocycles. The summed E-state index contributed by atoms with van der Waals surface area (Å²) in [4.78, 5) is 12.5. The van der Waals surface area contributed by atoms with Crippen LogP contribution in [-0.2, 0) is 14.8 Å². The average molecular weight is 471 g/mol. The van der Waals surface area contributed by atoms with Gasteiger partial charge in [0, 0.05) is 7.05 Å². The van der Waals surface area contributed by atoms with E-state index in [2.05, 4.69) is 5.32 Å². The van der Waals surface area contributed by atoms with Crippen LogP contribution in [0.15, 0.2) is 41.3 Å². The lowest BCUT2D eigenvalue weighted by atomic mass is 10.1. The van der Waals surface area contributed by atoms with Crippen LogP contribution in [0.2, 0.25) is 5.02 Å². The Morgan fingerprint density at radius 1 is 1.10 bits per heavy atom. The van der Waals surface area contributed by atoms with Crippen LogP contribution in [0.4, 0.5) is 0 Å². The van der Waals surface area contributed by atoms with Crippen molar-refractivity contribution >= 4 is 27.5 Å². The number of nitrogens with zero attached hydrogens (tertiary/aromatic N) is 1. The highest BCUT2D eigenvalue weighted by atomic mass is 35.5. The van der Waals surface area contributed by atoms with E-state index in [0.717, 1.165) is 9.87 Å². The molecule has 0 saturated heterocycles. The Morgan fingerprint density at radius 2 is 1.74 bits per heavy atom. The van der Waals surface area contributed by atoms with E-state index in [1.807, 2.05) is 0 Å². The third-order valence-corrected chi connectivity index (χ3v) is 6.66. The molecule has 0 aliphatic rings. The topological polar surface area (TPSA) is 94.2 Å². The van der Waals surface area contributed by atoms with Crippen molar-refractivity contribution in [2.24, 2.45) is 0 Å². The number of nitrogens with one attached hydrogen (secondary N) is 1. The van der Waals surface area contributed by atoms with Crippen molar-refractivity contribution < 1.29 is 27.4 Å². The molecule has 0 radical (unpaired) electrons. The SMILES string of the molecule is CCOc1ccc(S(=O)(=O)N(C)CC(=O)N[C@@H](C)c2ccc(OC)c(OC)c2)cc1Cl. The molecule has 1 atom stereocenters. The first-order valence-electron chi connectivity index (χ1n) is 9.54. The maximum atomic E-state index is 12.8. The molecule has 1 amide bonds. The molecule has 0 spiro atoms. The zero-order valence-corrected chi connectivity index (χ0v) is 19.7. The Labute approximate surface area is 188 Å². The number of rotatable bonds is 10. The van der Waals surface area contributed by atoms with Crippen molar-refractivity contribution in [1.82, 2.24) is 9.62 Å². The minimum Gasteiger partial charge on any atom is -0.493 e. The van der Waals surface area contributed by atoms with Crippen molar-refractivity contribution in [3.05, 3.63) is 47.0 Å². The fourth-order valence-electron chi connectivity index (χ4n) is 2.87. The molecule has 0 heterocycles. The van der Waals surface area contributed by atoms with Crippen LogP contribution in [-0.4, -0.2) is 53.0 Å². The normalized spacial score (nSPS) is 12.4. The van der Waals surface area contributed by atoms with E-state index in [1.165, 1.54) is 39.5 Å². The minimum atomic E-state index is -3.91. The van der Waals surface area contributed by atoms with Gasteiger partial charge in [0.15, 0.2) is 11.5 Å². The second-order valence-corrected chi connectivity index (χ2v) is 9.14. The molecular formula is C21H27ClN2O6S. The highest BCUT2D eigenvalue weighted by Gasteiger charge is 2.25. The summed E-state index contributed by atoms with van der Waals surface area (Å²) in [5, 5.41) is 2.97. The van der Waals surface area contributed by atoms with E-state index in [-0.39, 0.29) is 22.5 Å². The summed E-state index contributed by atoms with van der Waals surface area (Å²) in [5.41, 5.74) is 0.787. The largest absolute Gasteiger partial charge is 0.493 e. The molecule has 0 aromatic heterocycles. The fourth-order valence-corrected chi connectivity index (χ4v) is 4.33. The molecule has 1 N–H and O–H groups in total. The molecule has 0 aliphatic carbocycles. The number of benzene rings is 2. The van der Waals surface area contributed by atoms with Gasteiger partial charge in [-0.3, -0.25) is 4.79 Å². The number of halogens is 1. The van der Waals surface area contributed by atoms with Gasteiger partial charge >= 0.3 is 0 Å². The first-order chi connectivity index (χ1) is 14.6. The van der Waals surface area contributed by atoms with Crippen LogP contribution in [0.3, 0.4) is 0 Å². The summed E-state index contributed by atoms with van der Waals surface area (Å²) >= 11 is 6.10.